The second kappa shape index (κ2) is 5.41. The minimum absolute atomic E-state index is 0.0150. The first-order valence-corrected chi connectivity index (χ1v) is 7.91. The van der Waals surface area contributed by atoms with Crippen LogP contribution in [0.3, 0.4) is 0 Å². The maximum Gasteiger partial charge on any atom is 0.125 e. The van der Waals surface area contributed by atoms with Crippen molar-refractivity contribution >= 4 is 11.0 Å². The number of nitrogens with zero attached hydrogens (tertiary/aromatic N) is 2. The molecule has 1 aromatic carbocycles. The van der Waals surface area contributed by atoms with E-state index in [0.717, 1.165) is 36.5 Å². The molecular formula is C17H24FN3. The van der Waals surface area contributed by atoms with E-state index >= 15 is 0 Å². The summed E-state index contributed by atoms with van der Waals surface area (Å²) in [6, 6.07) is 4.91. The minimum atomic E-state index is -0.216. The molecule has 21 heavy (non-hydrogen) atoms. The molecule has 1 unspecified atom stereocenters. The molecule has 0 spiro atoms. The SMILES string of the molecule is CCn1c(C(C)(C)C2CCCNC2)nc2cc(F)ccc21. The van der Waals surface area contributed by atoms with E-state index in [9.17, 15) is 4.39 Å². The predicted octanol–water partition coefficient (Wildman–Crippen LogP) is 3.47. The maximum absolute atomic E-state index is 13.5. The number of benzene rings is 1. The third-order valence-electron chi connectivity index (χ3n) is 4.92. The fourth-order valence-electron chi connectivity index (χ4n) is 3.57. The van der Waals surface area contributed by atoms with Gasteiger partial charge in [0.15, 0.2) is 0 Å². The average molecular weight is 289 g/mol. The van der Waals surface area contributed by atoms with Crippen molar-refractivity contribution in [1.82, 2.24) is 14.9 Å². The molecule has 114 valence electrons. The van der Waals surface area contributed by atoms with E-state index in [1.165, 1.54) is 18.9 Å². The highest BCUT2D eigenvalue weighted by Gasteiger charge is 2.36. The van der Waals surface area contributed by atoms with E-state index in [2.05, 4.69) is 30.7 Å². The van der Waals surface area contributed by atoms with E-state index in [1.807, 2.05) is 6.07 Å². The quantitative estimate of drug-likeness (QED) is 0.937. The van der Waals surface area contributed by atoms with Gasteiger partial charge < -0.3 is 9.88 Å². The summed E-state index contributed by atoms with van der Waals surface area (Å²) in [5.41, 5.74) is 1.79. The van der Waals surface area contributed by atoms with Crippen LogP contribution in [0.25, 0.3) is 11.0 Å². The molecule has 1 atom stereocenters. The normalized spacial score (nSPS) is 20.1. The van der Waals surface area contributed by atoms with Crippen LogP contribution in [0.15, 0.2) is 18.2 Å². The Morgan fingerprint density at radius 3 is 2.90 bits per heavy atom. The van der Waals surface area contributed by atoms with Crippen LogP contribution in [0.5, 0.6) is 0 Å². The number of hydrogen-bond acceptors (Lipinski definition) is 2. The van der Waals surface area contributed by atoms with Gasteiger partial charge in [-0.05, 0) is 50.9 Å². The van der Waals surface area contributed by atoms with Gasteiger partial charge in [0.05, 0.1) is 11.0 Å². The topological polar surface area (TPSA) is 29.9 Å². The number of halogens is 1. The summed E-state index contributed by atoms with van der Waals surface area (Å²) >= 11 is 0. The number of fused-ring (bicyclic) bond motifs is 1. The highest BCUT2D eigenvalue weighted by Crippen LogP contribution is 2.36. The zero-order chi connectivity index (χ0) is 15.0. The van der Waals surface area contributed by atoms with Crippen molar-refractivity contribution in [2.75, 3.05) is 13.1 Å². The molecule has 4 heteroatoms. The van der Waals surface area contributed by atoms with Crippen LogP contribution in [-0.2, 0) is 12.0 Å². The van der Waals surface area contributed by atoms with Crippen molar-refractivity contribution in [2.24, 2.45) is 5.92 Å². The van der Waals surface area contributed by atoms with Crippen LogP contribution in [0, 0.1) is 11.7 Å². The van der Waals surface area contributed by atoms with Gasteiger partial charge in [0.2, 0.25) is 0 Å². The fourth-order valence-corrected chi connectivity index (χ4v) is 3.57. The largest absolute Gasteiger partial charge is 0.328 e. The number of piperidine rings is 1. The lowest BCUT2D eigenvalue weighted by molar-refractivity contribution is 0.237. The van der Waals surface area contributed by atoms with Gasteiger partial charge in [-0.1, -0.05) is 13.8 Å². The van der Waals surface area contributed by atoms with Crippen LogP contribution in [0.1, 0.15) is 39.4 Å². The molecule has 3 nitrogen and oxygen atoms in total. The molecule has 3 rings (SSSR count). The Bertz CT molecular complexity index is 639. The predicted molar refractivity (Wildman–Crippen MR) is 84.0 cm³/mol. The number of nitrogens with one attached hydrogen (secondary N) is 1. The van der Waals surface area contributed by atoms with Gasteiger partial charge in [0, 0.05) is 18.0 Å². The summed E-state index contributed by atoms with van der Waals surface area (Å²) in [5.74, 6) is 1.43. The average Bonchev–Trinajstić information content (AvgIpc) is 2.86. The zero-order valence-electron chi connectivity index (χ0n) is 13.1. The fraction of sp³-hybridized carbons (Fsp3) is 0.588. The van der Waals surface area contributed by atoms with E-state index in [4.69, 9.17) is 4.98 Å². The van der Waals surface area contributed by atoms with Crippen molar-refractivity contribution in [3.05, 3.63) is 29.8 Å². The molecule has 0 bridgehead atoms. The van der Waals surface area contributed by atoms with Gasteiger partial charge >= 0.3 is 0 Å². The Labute approximate surface area is 125 Å². The Hall–Kier alpha value is -1.42. The molecule has 1 N–H and O–H groups in total. The van der Waals surface area contributed by atoms with Gasteiger partial charge in [-0.3, -0.25) is 0 Å². The van der Waals surface area contributed by atoms with E-state index in [-0.39, 0.29) is 11.2 Å². The number of aromatic nitrogens is 2. The molecular weight excluding hydrogens is 265 g/mol. The second-order valence-corrected chi connectivity index (χ2v) is 6.58. The van der Waals surface area contributed by atoms with Crippen LogP contribution in [-0.4, -0.2) is 22.6 Å². The Morgan fingerprint density at radius 2 is 2.24 bits per heavy atom. The van der Waals surface area contributed by atoms with Gasteiger partial charge in [-0.2, -0.15) is 0 Å². The monoisotopic (exact) mass is 289 g/mol. The van der Waals surface area contributed by atoms with Crippen LogP contribution >= 0.6 is 0 Å². The molecule has 0 radical (unpaired) electrons. The number of aryl methyl sites for hydroxylation is 1. The smallest absolute Gasteiger partial charge is 0.125 e. The highest BCUT2D eigenvalue weighted by molar-refractivity contribution is 5.76. The summed E-state index contributed by atoms with van der Waals surface area (Å²) in [5, 5.41) is 3.49. The Kier molecular flexibility index (Phi) is 3.74. The second-order valence-electron chi connectivity index (χ2n) is 6.58. The third-order valence-corrected chi connectivity index (χ3v) is 4.92. The van der Waals surface area contributed by atoms with E-state index in [1.54, 1.807) is 6.07 Å². The standard InChI is InChI=1S/C17H24FN3/c1-4-21-15-8-7-13(18)10-14(15)20-16(21)17(2,3)12-6-5-9-19-11-12/h7-8,10,12,19H,4-6,9,11H2,1-3H3. The van der Waals surface area contributed by atoms with Crippen molar-refractivity contribution in [2.45, 2.75) is 45.6 Å². The van der Waals surface area contributed by atoms with Gasteiger partial charge in [-0.15, -0.1) is 0 Å². The van der Waals surface area contributed by atoms with E-state index in [0.29, 0.717) is 5.92 Å². The number of rotatable bonds is 3. The summed E-state index contributed by atoms with van der Waals surface area (Å²) in [7, 11) is 0. The van der Waals surface area contributed by atoms with Crippen LogP contribution in [0.4, 0.5) is 4.39 Å². The van der Waals surface area contributed by atoms with E-state index < -0.39 is 0 Å². The third kappa shape index (κ3) is 2.46. The molecule has 2 heterocycles. The summed E-state index contributed by atoms with van der Waals surface area (Å²) < 4.78 is 15.7. The highest BCUT2D eigenvalue weighted by atomic mass is 19.1. The Balaban J connectivity index is 2.09. The first-order chi connectivity index (χ1) is 10.0. The summed E-state index contributed by atoms with van der Waals surface area (Å²) in [6.45, 7) is 9.68. The van der Waals surface area contributed by atoms with Crippen molar-refractivity contribution in [3.63, 3.8) is 0 Å². The van der Waals surface area contributed by atoms with Crippen molar-refractivity contribution in [1.29, 1.82) is 0 Å². The minimum Gasteiger partial charge on any atom is -0.328 e. The molecule has 0 aliphatic carbocycles. The lowest BCUT2D eigenvalue weighted by atomic mass is 9.74. The maximum atomic E-state index is 13.5. The van der Waals surface area contributed by atoms with Gasteiger partial charge in [0.1, 0.15) is 11.6 Å². The zero-order valence-corrected chi connectivity index (χ0v) is 13.1. The van der Waals surface area contributed by atoms with Gasteiger partial charge in [0.25, 0.3) is 0 Å². The van der Waals surface area contributed by atoms with Crippen LogP contribution in [0.2, 0.25) is 0 Å². The molecule has 0 saturated carbocycles. The molecule has 0 amide bonds. The van der Waals surface area contributed by atoms with Crippen LogP contribution < -0.4 is 5.32 Å². The molecule has 1 saturated heterocycles. The first-order valence-electron chi connectivity index (χ1n) is 7.91. The molecule has 2 aromatic rings. The number of imidazole rings is 1. The van der Waals surface area contributed by atoms with Crippen molar-refractivity contribution < 1.29 is 4.39 Å². The molecule has 1 aliphatic rings. The summed E-state index contributed by atoms with van der Waals surface area (Å²) in [4.78, 5) is 4.79. The molecule has 1 aromatic heterocycles. The molecule has 1 fully saturated rings. The summed E-state index contributed by atoms with van der Waals surface area (Å²) in [6.07, 6.45) is 2.44. The van der Waals surface area contributed by atoms with Crippen molar-refractivity contribution in [3.8, 4) is 0 Å². The molecule has 1 aliphatic heterocycles. The first kappa shape index (κ1) is 14.5. The number of hydrogen-bond donors (Lipinski definition) is 1. The van der Waals surface area contributed by atoms with Gasteiger partial charge in [-0.25, -0.2) is 9.37 Å². The Morgan fingerprint density at radius 1 is 1.43 bits per heavy atom. The lowest BCUT2D eigenvalue weighted by Gasteiger charge is -2.37. The lowest BCUT2D eigenvalue weighted by Crippen LogP contribution is -2.42.